The van der Waals surface area contributed by atoms with Gasteiger partial charge in [-0.15, -0.1) is 0 Å². The number of halogens is 2. The standard InChI is InChI=1S/C8H15Cl2GeO2/c1-2-3-8(11(9)10)4-6-13-7-5-12/h4,6,8,12H,2-3,5,7H2,1H3/b6-4-. The summed E-state index contributed by atoms with van der Waals surface area (Å²) in [5.41, 5.74) is 0. The molecule has 0 rings (SSSR count). The van der Waals surface area contributed by atoms with E-state index in [9.17, 15) is 0 Å². The van der Waals surface area contributed by atoms with Crippen LogP contribution in [0.5, 0.6) is 0 Å². The molecule has 1 atom stereocenters. The molecule has 0 aliphatic carbocycles. The van der Waals surface area contributed by atoms with E-state index in [1.54, 1.807) is 6.26 Å². The second-order valence-corrected chi connectivity index (χ2v) is 10.6. The molecule has 0 heterocycles. The Morgan fingerprint density at radius 3 is 2.69 bits per heavy atom. The van der Waals surface area contributed by atoms with Crippen molar-refractivity contribution < 1.29 is 9.84 Å². The first kappa shape index (κ1) is 13.6. The molecule has 0 aliphatic rings. The van der Waals surface area contributed by atoms with E-state index in [1.165, 1.54) is 0 Å². The molecular weight excluding hydrogens is 272 g/mol. The molecule has 0 saturated carbocycles. The van der Waals surface area contributed by atoms with Crippen LogP contribution in [-0.4, -0.2) is 30.8 Å². The van der Waals surface area contributed by atoms with Gasteiger partial charge in [0.1, 0.15) is 0 Å². The molecule has 0 saturated heterocycles. The quantitative estimate of drug-likeness (QED) is 0.443. The summed E-state index contributed by atoms with van der Waals surface area (Å²) in [4.78, 5) is 0. The third-order valence-corrected chi connectivity index (χ3v) is 6.59. The van der Waals surface area contributed by atoms with Gasteiger partial charge in [-0.2, -0.15) is 0 Å². The zero-order valence-electron chi connectivity index (χ0n) is 7.67. The Balaban J connectivity index is 3.72. The molecule has 77 valence electrons. The number of aliphatic hydroxyl groups is 1. The summed E-state index contributed by atoms with van der Waals surface area (Å²) >= 11 is -1.89. The van der Waals surface area contributed by atoms with Crippen molar-refractivity contribution in [2.45, 2.75) is 24.5 Å². The van der Waals surface area contributed by atoms with Crippen molar-refractivity contribution in [2.75, 3.05) is 13.2 Å². The van der Waals surface area contributed by atoms with Crippen LogP contribution >= 0.6 is 20.0 Å². The molecule has 0 aromatic carbocycles. The molecule has 1 unspecified atom stereocenters. The van der Waals surface area contributed by atoms with E-state index >= 15 is 0 Å². The van der Waals surface area contributed by atoms with Gasteiger partial charge in [0.15, 0.2) is 0 Å². The van der Waals surface area contributed by atoms with Gasteiger partial charge in [0.25, 0.3) is 0 Å². The van der Waals surface area contributed by atoms with E-state index < -0.39 is 12.5 Å². The summed E-state index contributed by atoms with van der Waals surface area (Å²) in [5.74, 6) is 0. The first-order valence-electron chi connectivity index (χ1n) is 4.29. The summed E-state index contributed by atoms with van der Waals surface area (Å²) in [6.07, 6.45) is 5.59. The number of ether oxygens (including phenoxy) is 1. The van der Waals surface area contributed by atoms with Gasteiger partial charge in [-0.3, -0.25) is 0 Å². The van der Waals surface area contributed by atoms with Crippen LogP contribution in [0.15, 0.2) is 12.3 Å². The van der Waals surface area contributed by atoms with Crippen LogP contribution in [0, 0.1) is 0 Å². The Morgan fingerprint density at radius 1 is 1.54 bits per heavy atom. The average molecular weight is 287 g/mol. The van der Waals surface area contributed by atoms with E-state index in [1.807, 2.05) is 6.08 Å². The number of allylic oxidation sites excluding steroid dienone is 1. The van der Waals surface area contributed by atoms with E-state index in [4.69, 9.17) is 29.9 Å². The van der Waals surface area contributed by atoms with Gasteiger partial charge in [-0.1, -0.05) is 0 Å². The molecule has 0 amide bonds. The summed E-state index contributed by atoms with van der Waals surface area (Å²) < 4.78 is 5.29. The van der Waals surface area contributed by atoms with Crippen molar-refractivity contribution in [3.63, 3.8) is 0 Å². The van der Waals surface area contributed by atoms with E-state index in [-0.39, 0.29) is 6.61 Å². The topological polar surface area (TPSA) is 29.5 Å². The summed E-state index contributed by atoms with van der Waals surface area (Å²) in [5, 5.41) is 8.44. The van der Waals surface area contributed by atoms with Crippen molar-refractivity contribution in [1.29, 1.82) is 0 Å². The second-order valence-electron chi connectivity index (χ2n) is 2.61. The predicted octanol–water partition coefficient (Wildman–Crippen LogP) is 2.65. The fourth-order valence-electron chi connectivity index (χ4n) is 0.860. The number of aliphatic hydroxyl groups excluding tert-OH is 1. The van der Waals surface area contributed by atoms with Crippen molar-refractivity contribution in [3.8, 4) is 0 Å². The van der Waals surface area contributed by atoms with Crippen LogP contribution in [0.2, 0.25) is 4.75 Å². The maximum atomic E-state index is 8.44. The van der Waals surface area contributed by atoms with Crippen LogP contribution in [0.25, 0.3) is 0 Å². The predicted molar refractivity (Wildman–Crippen MR) is 58.3 cm³/mol. The van der Waals surface area contributed by atoms with Crippen LogP contribution in [0.1, 0.15) is 19.8 Å². The molecule has 5 heteroatoms. The Hall–Kier alpha value is 0.623. The fourth-order valence-corrected chi connectivity index (χ4v) is 4.28. The number of hydrogen-bond acceptors (Lipinski definition) is 2. The molecule has 1 N–H and O–H groups in total. The van der Waals surface area contributed by atoms with Gasteiger partial charge in [-0.05, 0) is 0 Å². The van der Waals surface area contributed by atoms with E-state index in [2.05, 4.69) is 6.92 Å². The molecule has 0 aliphatic heterocycles. The van der Waals surface area contributed by atoms with Gasteiger partial charge < -0.3 is 0 Å². The van der Waals surface area contributed by atoms with E-state index in [0.717, 1.165) is 12.8 Å². The zero-order valence-corrected chi connectivity index (χ0v) is 11.3. The van der Waals surface area contributed by atoms with Crippen LogP contribution < -0.4 is 0 Å². The first-order valence-corrected chi connectivity index (χ1v) is 11.0. The third-order valence-electron chi connectivity index (χ3n) is 1.50. The fraction of sp³-hybridized carbons (Fsp3) is 0.750. The van der Waals surface area contributed by atoms with Gasteiger partial charge in [0, 0.05) is 0 Å². The second kappa shape index (κ2) is 9.19. The molecule has 0 aromatic heterocycles. The van der Waals surface area contributed by atoms with Crippen LogP contribution in [-0.2, 0) is 4.74 Å². The number of hydrogen-bond donors (Lipinski definition) is 1. The molecule has 0 aromatic rings. The molecular formula is C8H15Cl2GeO2. The molecule has 0 bridgehead atoms. The van der Waals surface area contributed by atoms with Crippen molar-refractivity contribution in [1.82, 2.24) is 0 Å². The summed E-state index contributed by atoms with van der Waals surface area (Å²) in [7, 11) is 11.8. The zero-order chi connectivity index (χ0) is 10.1. The third kappa shape index (κ3) is 7.68. The van der Waals surface area contributed by atoms with Crippen molar-refractivity contribution in [3.05, 3.63) is 12.3 Å². The summed E-state index contributed by atoms with van der Waals surface area (Å²) in [6.45, 7) is 2.47. The van der Waals surface area contributed by atoms with Crippen molar-refractivity contribution >= 4 is 32.5 Å². The Bertz CT molecular complexity index is 142. The van der Waals surface area contributed by atoms with Gasteiger partial charge >= 0.3 is 92.4 Å². The maximum absolute atomic E-state index is 8.44. The summed E-state index contributed by atoms with van der Waals surface area (Å²) in [6, 6.07) is 0. The van der Waals surface area contributed by atoms with Gasteiger partial charge in [-0.25, -0.2) is 0 Å². The Labute approximate surface area is 92.3 Å². The average Bonchev–Trinajstić information content (AvgIpc) is 2.10. The Kier molecular flexibility index (Phi) is 9.63. The first-order chi connectivity index (χ1) is 6.22. The van der Waals surface area contributed by atoms with Crippen LogP contribution in [0.3, 0.4) is 0 Å². The molecule has 0 fully saturated rings. The minimum atomic E-state index is -1.89. The van der Waals surface area contributed by atoms with Gasteiger partial charge in [0.2, 0.25) is 0 Å². The number of rotatable bonds is 7. The van der Waals surface area contributed by atoms with E-state index in [0.29, 0.717) is 11.4 Å². The molecule has 0 spiro atoms. The molecule has 2 nitrogen and oxygen atoms in total. The monoisotopic (exact) mass is 287 g/mol. The minimum absolute atomic E-state index is 0.0354. The SMILES string of the molecule is CCC[CH](/C=C\OCCO)[Ge]([Cl])[Cl]. The van der Waals surface area contributed by atoms with Crippen molar-refractivity contribution in [2.24, 2.45) is 0 Å². The Morgan fingerprint density at radius 2 is 2.23 bits per heavy atom. The molecule has 1 radical (unpaired) electrons. The van der Waals surface area contributed by atoms with Crippen LogP contribution in [0.4, 0.5) is 0 Å². The molecule has 13 heavy (non-hydrogen) atoms. The normalized spacial score (nSPS) is 13.9. The van der Waals surface area contributed by atoms with Gasteiger partial charge in [0.05, 0.1) is 0 Å².